The zero-order valence-electron chi connectivity index (χ0n) is 10.3. The van der Waals surface area contributed by atoms with Gasteiger partial charge in [-0.15, -0.1) is 6.58 Å². The van der Waals surface area contributed by atoms with E-state index in [1.54, 1.807) is 18.2 Å². The summed E-state index contributed by atoms with van der Waals surface area (Å²) in [6.45, 7) is 7.06. The van der Waals surface area contributed by atoms with Gasteiger partial charge in [-0.2, -0.15) is 0 Å². The first-order chi connectivity index (χ1) is 8.08. The highest BCUT2D eigenvalue weighted by molar-refractivity contribution is 6.00. The van der Waals surface area contributed by atoms with Crippen LogP contribution in [-0.2, 0) is 19.1 Å². The summed E-state index contributed by atoms with van der Waals surface area (Å²) in [5, 5.41) is 0. The van der Waals surface area contributed by atoms with Gasteiger partial charge < -0.3 is 9.47 Å². The molecule has 0 unspecified atom stereocenters. The van der Waals surface area contributed by atoms with Crippen molar-refractivity contribution in [3.63, 3.8) is 0 Å². The Bertz CT molecular complexity index is 312. The average molecular weight is 238 g/mol. The lowest BCUT2D eigenvalue weighted by Crippen LogP contribution is -2.40. The molecule has 0 spiro atoms. The Morgan fingerprint density at radius 1 is 1.12 bits per heavy atom. The molecule has 4 nitrogen and oxygen atoms in total. The van der Waals surface area contributed by atoms with E-state index in [1.807, 2.05) is 0 Å². The molecule has 0 aliphatic carbocycles. The Morgan fingerprint density at radius 2 is 1.65 bits per heavy atom. The predicted molar refractivity (Wildman–Crippen MR) is 65.2 cm³/mol. The molecular weight excluding hydrogens is 220 g/mol. The van der Waals surface area contributed by atoms with Crippen molar-refractivity contribution in [2.75, 3.05) is 14.2 Å². The van der Waals surface area contributed by atoms with Gasteiger partial charge in [-0.25, -0.2) is 0 Å². The fraction of sp³-hybridized carbons (Fsp3) is 0.385. The Hall–Kier alpha value is -1.84. The second kappa shape index (κ2) is 7.44. The monoisotopic (exact) mass is 238 g/mol. The molecule has 0 aliphatic rings. The van der Waals surface area contributed by atoms with Crippen LogP contribution in [0.5, 0.6) is 0 Å². The highest BCUT2D eigenvalue weighted by Gasteiger charge is 2.46. The fourth-order valence-corrected chi connectivity index (χ4v) is 1.50. The molecular formula is C13H18O4. The van der Waals surface area contributed by atoms with Crippen LogP contribution < -0.4 is 0 Å². The van der Waals surface area contributed by atoms with Gasteiger partial charge in [0.05, 0.1) is 14.2 Å². The summed E-state index contributed by atoms with van der Waals surface area (Å²) in [5.74, 6) is -1.25. The third kappa shape index (κ3) is 3.59. The first-order valence-electron chi connectivity index (χ1n) is 5.14. The summed E-state index contributed by atoms with van der Waals surface area (Å²) in [5.41, 5.74) is -1.36. The van der Waals surface area contributed by atoms with E-state index in [0.717, 1.165) is 0 Å². The lowest BCUT2D eigenvalue weighted by Gasteiger charge is -2.25. The van der Waals surface area contributed by atoms with Crippen molar-refractivity contribution in [3.8, 4) is 0 Å². The second-order valence-electron chi connectivity index (χ2n) is 3.43. The van der Waals surface area contributed by atoms with Crippen molar-refractivity contribution < 1.29 is 19.1 Å². The smallest absolute Gasteiger partial charge is 0.323 e. The van der Waals surface area contributed by atoms with Gasteiger partial charge in [0.2, 0.25) is 0 Å². The molecule has 0 saturated carbocycles. The van der Waals surface area contributed by atoms with E-state index >= 15 is 0 Å². The third-order valence-corrected chi connectivity index (χ3v) is 2.38. The Morgan fingerprint density at radius 3 is 2.00 bits per heavy atom. The summed E-state index contributed by atoms with van der Waals surface area (Å²) < 4.78 is 9.35. The second-order valence-corrected chi connectivity index (χ2v) is 3.43. The molecule has 0 atom stereocenters. The van der Waals surface area contributed by atoms with E-state index in [9.17, 15) is 9.59 Å². The number of hydrogen-bond acceptors (Lipinski definition) is 4. The minimum Gasteiger partial charge on any atom is -0.468 e. The van der Waals surface area contributed by atoms with Crippen molar-refractivity contribution in [2.24, 2.45) is 5.41 Å². The number of hydrogen-bond donors (Lipinski definition) is 0. The molecule has 17 heavy (non-hydrogen) atoms. The fourth-order valence-electron chi connectivity index (χ4n) is 1.50. The van der Waals surface area contributed by atoms with E-state index in [4.69, 9.17) is 0 Å². The molecule has 0 aromatic rings. The maximum Gasteiger partial charge on any atom is 0.323 e. The summed E-state index contributed by atoms with van der Waals surface area (Å²) in [6.07, 6.45) is 6.73. The molecule has 0 radical (unpaired) electrons. The van der Waals surface area contributed by atoms with E-state index in [0.29, 0.717) is 0 Å². The quantitative estimate of drug-likeness (QED) is 0.295. The molecule has 0 aromatic heterocycles. The van der Waals surface area contributed by atoms with Crippen molar-refractivity contribution >= 4 is 11.9 Å². The Labute approximate surface area is 102 Å². The standard InChI is InChI=1S/C13H18O4/c1-5-7-8-10-13(9-6-2,11(14)16-3)12(15)17-4/h5-8H,1-2,9-10H2,3-4H3/b8-7-. The van der Waals surface area contributed by atoms with Gasteiger partial charge in [-0.1, -0.05) is 30.9 Å². The van der Waals surface area contributed by atoms with E-state index in [1.165, 1.54) is 20.3 Å². The number of esters is 2. The Balaban J connectivity index is 5.29. The molecule has 0 aromatic carbocycles. The average Bonchev–Trinajstić information content (AvgIpc) is 2.35. The largest absolute Gasteiger partial charge is 0.468 e. The van der Waals surface area contributed by atoms with Crippen LogP contribution in [0.25, 0.3) is 0 Å². The highest BCUT2D eigenvalue weighted by atomic mass is 16.5. The summed E-state index contributed by atoms with van der Waals surface area (Å²) in [6, 6.07) is 0. The molecule has 4 heteroatoms. The van der Waals surface area contributed by atoms with Crippen LogP contribution in [-0.4, -0.2) is 26.2 Å². The maximum absolute atomic E-state index is 11.8. The van der Waals surface area contributed by atoms with Gasteiger partial charge in [0.25, 0.3) is 0 Å². The number of methoxy groups -OCH3 is 2. The molecule has 0 aliphatic heterocycles. The number of carbonyl (C=O) groups is 2. The molecule has 0 N–H and O–H groups in total. The van der Waals surface area contributed by atoms with E-state index in [2.05, 4.69) is 22.6 Å². The van der Waals surface area contributed by atoms with Gasteiger partial charge in [-0.3, -0.25) is 9.59 Å². The predicted octanol–water partition coefficient (Wildman–Crippen LogP) is 2.03. The van der Waals surface area contributed by atoms with Gasteiger partial charge in [0.15, 0.2) is 5.41 Å². The highest BCUT2D eigenvalue weighted by Crippen LogP contribution is 2.31. The number of carbonyl (C=O) groups excluding carboxylic acids is 2. The van der Waals surface area contributed by atoms with Gasteiger partial charge in [0, 0.05) is 0 Å². The van der Waals surface area contributed by atoms with Crippen LogP contribution in [0, 0.1) is 5.41 Å². The lowest BCUT2D eigenvalue weighted by atomic mass is 9.81. The van der Waals surface area contributed by atoms with Crippen LogP contribution in [0.3, 0.4) is 0 Å². The van der Waals surface area contributed by atoms with Crippen molar-refractivity contribution in [1.29, 1.82) is 0 Å². The molecule has 0 amide bonds. The SMILES string of the molecule is C=C/C=C\CC(CC=C)(C(=O)OC)C(=O)OC. The minimum atomic E-state index is -1.36. The topological polar surface area (TPSA) is 52.6 Å². The zero-order valence-corrected chi connectivity index (χ0v) is 10.3. The van der Waals surface area contributed by atoms with Gasteiger partial charge >= 0.3 is 11.9 Å². The summed E-state index contributed by atoms with van der Waals surface area (Å²) in [7, 11) is 2.47. The Kier molecular flexibility index (Phi) is 6.63. The molecule has 94 valence electrons. The zero-order chi connectivity index (χ0) is 13.3. The molecule has 0 fully saturated rings. The van der Waals surface area contributed by atoms with Crippen molar-refractivity contribution in [1.82, 2.24) is 0 Å². The normalized spacial score (nSPS) is 10.9. The first-order valence-corrected chi connectivity index (χ1v) is 5.14. The minimum absolute atomic E-state index is 0.161. The first kappa shape index (κ1) is 15.2. The van der Waals surface area contributed by atoms with Crippen molar-refractivity contribution in [2.45, 2.75) is 12.8 Å². The van der Waals surface area contributed by atoms with Crippen LogP contribution in [0.2, 0.25) is 0 Å². The maximum atomic E-state index is 11.8. The van der Waals surface area contributed by atoms with Crippen LogP contribution in [0.1, 0.15) is 12.8 Å². The molecule has 0 rings (SSSR count). The number of rotatable bonds is 7. The van der Waals surface area contributed by atoms with Gasteiger partial charge in [0.1, 0.15) is 0 Å². The third-order valence-electron chi connectivity index (χ3n) is 2.38. The number of allylic oxidation sites excluding steroid dienone is 4. The van der Waals surface area contributed by atoms with Crippen LogP contribution >= 0.6 is 0 Å². The number of ether oxygens (including phenoxy) is 2. The molecule has 0 bridgehead atoms. The summed E-state index contributed by atoms with van der Waals surface area (Å²) >= 11 is 0. The van der Waals surface area contributed by atoms with Crippen LogP contribution in [0.4, 0.5) is 0 Å². The van der Waals surface area contributed by atoms with Crippen molar-refractivity contribution in [3.05, 3.63) is 37.5 Å². The van der Waals surface area contributed by atoms with Gasteiger partial charge in [-0.05, 0) is 12.8 Å². The van der Waals surface area contributed by atoms with Crippen LogP contribution in [0.15, 0.2) is 37.5 Å². The molecule has 0 heterocycles. The lowest BCUT2D eigenvalue weighted by molar-refractivity contribution is -0.168. The molecule has 0 saturated heterocycles. The van der Waals surface area contributed by atoms with E-state index in [-0.39, 0.29) is 12.8 Å². The summed E-state index contributed by atoms with van der Waals surface area (Å²) in [4.78, 5) is 23.6. The van der Waals surface area contributed by atoms with E-state index < -0.39 is 17.4 Å².